The Morgan fingerprint density at radius 2 is 1.85 bits per heavy atom. The number of aliphatic imine (C=N–C) groups is 1. The van der Waals surface area contributed by atoms with E-state index in [1.807, 2.05) is 6.07 Å². The van der Waals surface area contributed by atoms with Gasteiger partial charge < -0.3 is 0 Å². The summed E-state index contributed by atoms with van der Waals surface area (Å²) in [6, 6.07) is 10.3. The third-order valence-corrected chi connectivity index (χ3v) is 2.19. The topological polar surface area (TPSA) is 12.4 Å². The predicted molar refractivity (Wildman–Crippen MR) is 58.1 cm³/mol. The van der Waals surface area contributed by atoms with Crippen LogP contribution >= 0.6 is 0 Å². The van der Waals surface area contributed by atoms with Crippen LogP contribution in [0.15, 0.2) is 35.3 Å². The zero-order chi connectivity index (χ0) is 9.68. The molecule has 0 saturated carbocycles. The van der Waals surface area contributed by atoms with Gasteiger partial charge in [-0.2, -0.15) is 0 Å². The van der Waals surface area contributed by atoms with E-state index < -0.39 is 0 Å². The summed E-state index contributed by atoms with van der Waals surface area (Å²) in [5, 5.41) is 0. The Labute approximate surface area is 80.5 Å². The summed E-state index contributed by atoms with van der Waals surface area (Å²) in [5.74, 6) is 0.559. The lowest BCUT2D eigenvalue weighted by Crippen LogP contribution is -2.02. The van der Waals surface area contributed by atoms with Gasteiger partial charge in [0, 0.05) is 5.71 Å². The number of nitrogens with zero attached hydrogens (tertiary/aromatic N) is 1. The smallest absolute Gasteiger partial charge is 0.0639 e. The van der Waals surface area contributed by atoms with Gasteiger partial charge in [0.15, 0.2) is 0 Å². The van der Waals surface area contributed by atoms with Crippen molar-refractivity contribution in [1.29, 1.82) is 0 Å². The first-order chi connectivity index (χ1) is 6.20. The normalized spacial score (nSPS) is 12.2. The molecule has 0 saturated heterocycles. The maximum Gasteiger partial charge on any atom is 0.0639 e. The minimum atomic E-state index is 0.559. The Balaban J connectivity index is 2.57. The Kier molecular flexibility index (Phi) is 3.69. The molecular weight excluding hydrogens is 158 g/mol. The van der Waals surface area contributed by atoms with Gasteiger partial charge in [-0.3, -0.25) is 4.99 Å². The minimum absolute atomic E-state index is 0.559. The molecule has 13 heavy (non-hydrogen) atoms. The molecule has 0 spiro atoms. The van der Waals surface area contributed by atoms with Crippen molar-refractivity contribution in [2.75, 3.05) is 0 Å². The van der Waals surface area contributed by atoms with E-state index in [2.05, 4.69) is 50.0 Å². The molecule has 0 heterocycles. The maximum absolute atomic E-state index is 4.51. The molecule has 70 valence electrons. The summed E-state index contributed by atoms with van der Waals surface area (Å²) >= 11 is 0. The van der Waals surface area contributed by atoms with E-state index in [1.165, 1.54) is 11.3 Å². The first-order valence-electron chi connectivity index (χ1n) is 4.75. The van der Waals surface area contributed by atoms with Gasteiger partial charge in [0.05, 0.1) is 6.54 Å². The zero-order valence-corrected chi connectivity index (χ0v) is 8.62. The molecular formula is C12H17N. The molecule has 1 heteroatoms. The van der Waals surface area contributed by atoms with Crippen molar-refractivity contribution in [1.82, 2.24) is 0 Å². The molecule has 1 aromatic rings. The van der Waals surface area contributed by atoms with Gasteiger partial charge in [-0.25, -0.2) is 0 Å². The number of rotatable bonds is 3. The van der Waals surface area contributed by atoms with Crippen molar-refractivity contribution in [3.63, 3.8) is 0 Å². The second-order valence-corrected chi connectivity index (χ2v) is 3.60. The van der Waals surface area contributed by atoms with Gasteiger partial charge in [-0.05, 0) is 18.4 Å². The summed E-state index contributed by atoms with van der Waals surface area (Å²) < 4.78 is 0. The van der Waals surface area contributed by atoms with Crippen molar-refractivity contribution in [2.45, 2.75) is 27.3 Å². The van der Waals surface area contributed by atoms with Crippen LogP contribution in [0.3, 0.4) is 0 Å². The largest absolute Gasteiger partial charge is 0.289 e. The van der Waals surface area contributed by atoms with E-state index >= 15 is 0 Å². The van der Waals surface area contributed by atoms with Crippen LogP contribution in [-0.2, 0) is 6.54 Å². The van der Waals surface area contributed by atoms with Crippen LogP contribution in [0.25, 0.3) is 0 Å². The van der Waals surface area contributed by atoms with Gasteiger partial charge in [-0.1, -0.05) is 44.2 Å². The summed E-state index contributed by atoms with van der Waals surface area (Å²) in [4.78, 5) is 4.51. The molecule has 0 radical (unpaired) electrons. The SMILES string of the molecule is CC(=NCc1ccccc1)C(C)C. The summed E-state index contributed by atoms with van der Waals surface area (Å²) in [6.45, 7) is 7.24. The molecule has 1 rings (SSSR count). The Hall–Kier alpha value is -1.11. The Morgan fingerprint density at radius 1 is 1.23 bits per heavy atom. The van der Waals surface area contributed by atoms with Gasteiger partial charge in [0.1, 0.15) is 0 Å². The van der Waals surface area contributed by atoms with E-state index in [1.54, 1.807) is 0 Å². The van der Waals surface area contributed by atoms with Crippen LogP contribution in [0.5, 0.6) is 0 Å². The van der Waals surface area contributed by atoms with Crippen molar-refractivity contribution in [3.05, 3.63) is 35.9 Å². The first-order valence-corrected chi connectivity index (χ1v) is 4.75. The third-order valence-electron chi connectivity index (χ3n) is 2.19. The fourth-order valence-electron chi connectivity index (χ4n) is 0.982. The van der Waals surface area contributed by atoms with Crippen molar-refractivity contribution >= 4 is 5.71 Å². The quantitative estimate of drug-likeness (QED) is 0.625. The molecule has 0 aliphatic heterocycles. The van der Waals surface area contributed by atoms with Gasteiger partial charge in [0.25, 0.3) is 0 Å². The fourth-order valence-corrected chi connectivity index (χ4v) is 0.982. The summed E-state index contributed by atoms with van der Waals surface area (Å²) in [5.41, 5.74) is 2.51. The van der Waals surface area contributed by atoms with E-state index in [-0.39, 0.29) is 0 Å². The lowest BCUT2D eigenvalue weighted by atomic mass is 10.1. The number of hydrogen-bond acceptors (Lipinski definition) is 1. The Morgan fingerprint density at radius 3 is 2.38 bits per heavy atom. The lowest BCUT2D eigenvalue weighted by molar-refractivity contribution is 0.861. The summed E-state index contributed by atoms with van der Waals surface area (Å²) in [6.07, 6.45) is 0. The highest BCUT2D eigenvalue weighted by molar-refractivity contribution is 5.83. The number of benzene rings is 1. The highest BCUT2D eigenvalue weighted by Gasteiger charge is 1.96. The zero-order valence-electron chi connectivity index (χ0n) is 8.62. The van der Waals surface area contributed by atoms with Gasteiger partial charge >= 0.3 is 0 Å². The van der Waals surface area contributed by atoms with Crippen molar-refractivity contribution in [2.24, 2.45) is 10.9 Å². The van der Waals surface area contributed by atoms with Crippen LogP contribution in [0.4, 0.5) is 0 Å². The van der Waals surface area contributed by atoms with Gasteiger partial charge in [-0.15, -0.1) is 0 Å². The van der Waals surface area contributed by atoms with E-state index in [9.17, 15) is 0 Å². The van der Waals surface area contributed by atoms with E-state index in [0.29, 0.717) is 5.92 Å². The molecule has 0 amide bonds. The average Bonchev–Trinajstić information content (AvgIpc) is 2.15. The second-order valence-electron chi connectivity index (χ2n) is 3.60. The molecule has 0 N–H and O–H groups in total. The van der Waals surface area contributed by atoms with Gasteiger partial charge in [0.2, 0.25) is 0 Å². The molecule has 1 aromatic carbocycles. The molecule has 0 bridgehead atoms. The second kappa shape index (κ2) is 4.80. The fraction of sp³-hybridized carbons (Fsp3) is 0.417. The van der Waals surface area contributed by atoms with E-state index in [4.69, 9.17) is 0 Å². The molecule has 0 aliphatic carbocycles. The Bertz CT molecular complexity index is 272. The maximum atomic E-state index is 4.51. The van der Waals surface area contributed by atoms with Crippen LogP contribution in [0.1, 0.15) is 26.3 Å². The summed E-state index contributed by atoms with van der Waals surface area (Å²) in [7, 11) is 0. The number of hydrogen-bond donors (Lipinski definition) is 0. The predicted octanol–water partition coefficient (Wildman–Crippen LogP) is 3.30. The van der Waals surface area contributed by atoms with Crippen LogP contribution in [0.2, 0.25) is 0 Å². The molecule has 0 aliphatic rings. The molecule has 0 fully saturated rings. The average molecular weight is 175 g/mol. The molecule has 0 atom stereocenters. The first kappa shape index (κ1) is 9.97. The molecule has 0 unspecified atom stereocenters. The highest BCUT2D eigenvalue weighted by atomic mass is 14.7. The third kappa shape index (κ3) is 3.41. The van der Waals surface area contributed by atoms with E-state index in [0.717, 1.165) is 6.54 Å². The minimum Gasteiger partial charge on any atom is -0.289 e. The van der Waals surface area contributed by atoms with Crippen molar-refractivity contribution < 1.29 is 0 Å². The molecule has 0 aromatic heterocycles. The standard InChI is InChI=1S/C12H17N/c1-10(2)11(3)13-9-12-7-5-4-6-8-12/h4-8,10H,9H2,1-3H3. The van der Waals surface area contributed by atoms with Crippen LogP contribution < -0.4 is 0 Å². The highest BCUT2D eigenvalue weighted by Crippen LogP contribution is 2.03. The van der Waals surface area contributed by atoms with Crippen LogP contribution in [0, 0.1) is 5.92 Å². The molecule has 1 nitrogen and oxygen atoms in total. The van der Waals surface area contributed by atoms with Crippen LogP contribution in [-0.4, -0.2) is 5.71 Å². The van der Waals surface area contributed by atoms with Crippen molar-refractivity contribution in [3.8, 4) is 0 Å². The monoisotopic (exact) mass is 175 g/mol. The lowest BCUT2D eigenvalue weighted by Gasteiger charge is -2.03.